The van der Waals surface area contributed by atoms with Gasteiger partial charge in [0, 0.05) is 47.7 Å². The number of ether oxygens (including phenoxy) is 1. The number of esters is 1. The van der Waals surface area contributed by atoms with E-state index in [1.165, 1.54) is 55.0 Å². The van der Waals surface area contributed by atoms with Crippen molar-refractivity contribution in [2.24, 2.45) is 23.7 Å². The number of aliphatic carboxylic acids is 1. The summed E-state index contributed by atoms with van der Waals surface area (Å²) in [6.45, 7) is 21.7. The quantitative estimate of drug-likeness (QED) is 0.0829. The highest BCUT2D eigenvalue weighted by Crippen LogP contribution is 2.50. The number of rotatable bonds is 14. The number of hydrogen-bond donors (Lipinski definition) is 3. The zero-order valence-electron chi connectivity index (χ0n) is 48.0. The molecule has 2 aromatic carbocycles. The molecule has 4 aromatic rings. The normalized spacial score (nSPS) is 22.8. The van der Waals surface area contributed by atoms with E-state index in [-0.39, 0.29) is 80.8 Å². The Balaban J connectivity index is 0.000000188. The predicted molar refractivity (Wildman–Crippen MR) is 301 cm³/mol. The van der Waals surface area contributed by atoms with Gasteiger partial charge in [-0.3, -0.25) is 28.8 Å². The molecule has 12 heteroatoms. The van der Waals surface area contributed by atoms with E-state index in [0.717, 1.165) is 81.1 Å². The lowest BCUT2D eigenvalue weighted by Gasteiger charge is -2.33. The lowest BCUT2D eigenvalue weighted by atomic mass is 9.80. The molecule has 0 aliphatic heterocycles. The Morgan fingerprint density at radius 3 is 1.23 bits per heavy atom. The summed E-state index contributed by atoms with van der Waals surface area (Å²) in [7, 11) is 1.40. The number of carboxylic acid groups (broad SMARTS) is 1. The number of benzene rings is 2. The van der Waals surface area contributed by atoms with Crippen LogP contribution in [0.4, 0.5) is 0 Å². The van der Waals surface area contributed by atoms with Gasteiger partial charge in [0.1, 0.15) is 0 Å². The Morgan fingerprint density at radius 2 is 0.909 bits per heavy atom. The zero-order chi connectivity index (χ0) is 55.5. The van der Waals surface area contributed by atoms with Gasteiger partial charge in [-0.15, -0.1) is 0 Å². The van der Waals surface area contributed by atoms with Crippen molar-refractivity contribution < 1.29 is 38.6 Å². The number of amides is 2. The summed E-state index contributed by atoms with van der Waals surface area (Å²) in [6, 6.07) is 13.3. The minimum Gasteiger partial charge on any atom is -0.481 e. The van der Waals surface area contributed by atoms with Crippen LogP contribution < -0.4 is 10.6 Å². The maximum atomic E-state index is 14.1. The van der Waals surface area contributed by atoms with Gasteiger partial charge in [-0.05, 0) is 170 Å². The van der Waals surface area contributed by atoms with Crippen LogP contribution in [0.15, 0.2) is 48.8 Å². The van der Waals surface area contributed by atoms with E-state index < -0.39 is 11.9 Å². The van der Waals surface area contributed by atoms with E-state index in [1.807, 2.05) is 35.4 Å². The molecule has 10 rings (SSSR count). The molecule has 6 aliphatic rings. The van der Waals surface area contributed by atoms with Gasteiger partial charge in [0.2, 0.25) is 0 Å². The molecule has 6 aliphatic carbocycles. The number of aromatic nitrogens is 2. The van der Waals surface area contributed by atoms with Crippen LogP contribution in [-0.4, -0.2) is 68.8 Å². The molecule has 6 fully saturated rings. The highest BCUT2D eigenvalue weighted by molar-refractivity contribution is 6.05. The Hall–Kier alpha value is -5.78. The lowest BCUT2D eigenvalue weighted by molar-refractivity contribution is -0.149. The molecule has 6 saturated carbocycles. The molecule has 0 spiro atoms. The second-order valence-corrected chi connectivity index (χ2v) is 26.9. The van der Waals surface area contributed by atoms with Gasteiger partial charge in [0.05, 0.1) is 41.5 Å². The topological polar surface area (TPSA) is 166 Å². The first-order chi connectivity index (χ1) is 36.3. The molecule has 0 atom stereocenters. The smallest absolute Gasteiger partial charge is 0.308 e. The Kier molecular flexibility index (Phi) is 15.6. The number of methoxy groups -OCH3 is 1. The van der Waals surface area contributed by atoms with Crippen LogP contribution in [0, 0.1) is 37.5 Å². The first kappa shape index (κ1) is 56.0. The summed E-state index contributed by atoms with van der Waals surface area (Å²) in [5.74, 6) is -1.71. The van der Waals surface area contributed by atoms with Crippen molar-refractivity contribution in [3.63, 3.8) is 0 Å². The van der Waals surface area contributed by atoms with Crippen LogP contribution >= 0.6 is 0 Å². The van der Waals surface area contributed by atoms with E-state index in [2.05, 4.69) is 102 Å². The Morgan fingerprint density at radius 1 is 0.545 bits per heavy atom. The molecule has 12 nitrogen and oxygen atoms in total. The van der Waals surface area contributed by atoms with Crippen LogP contribution in [0.1, 0.15) is 246 Å². The molecule has 0 radical (unpaired) electrons. The molecule has 0 bridgehead atoms. The summed E-state index contributed by atoms with van der Waals surface area (Å²) in [4.78, 5) is 78.0. The number of nitrogens with one attached hydrogen (secondary N) is 2. The van der Waals surface area contributed by atoms with Gasteiger partial charge < -0.3 is 29.6 Å². The molecule has 0 unspecified atom stereocenters. The van der Waals surface area contributed by atoms with Crippen molar-refractivity contribution in [2.45, 2.75) is 219 Å². The third kappa shape index (κ3) is 11.8. The van der Waals surface area contributed by atoms with Crippen molar-refractivity contribution >= 4 is 35.3 Å². The summed E-state index contributed by atoms with van der Waals surface area (Å²) in [5.41, 5.74) is 11.0. The molecular formula is C65H86N4O8. The second kappa shape index (κ2) is 21.5. The minimum atomic E-state index is -0.808. The van der Waals surface area contributed by atoms with Gasteiger partial charge in [-0.2, -0.15) is 0 Å². The third-order valence-corrected chi connectivity index (χ3v) is 18.8. The monoisotopic (exact) mass is 1050 g/mol. The maximum absolute atomic E-state index is 14.1. The van der Waals surface area contributed by atoms with E-state index in [4.69, 9.17) is 4.74 Å². The van der Waals surface area contributed by atoms with E-state index in [0.29, 0.717) is 53.8 Å². The van der Waals surface area contributed by atoms with Crippen LogP contribution in [0.5, 0.6) is 0 Å². The average Bonchev–Trinajstić information content (AvgIpc) is 4.27. The number of hydrogen-bond acceptors (Lipinski definition) is 7. The fourth-order valence-corrected chi connectivity index (χ4v) is 12.4. The van der Waals surface area contributed by atoms with Crippen LogP contribution in [0.2, 0.25) is 0 Å². The van der Waals surface area contributed by atoms with Gasteiger partial charge in [0.25, 0.3) is 11.8 Å². The summed E-state index contributed by atoms with van der Waals surface area (Å²) in [6.07, 6.45) is 20.7. The van der Waals surface area contributed by atoms with Crippen LogP contribution in [0.25, 0.3) is 11.4 Å². The van der Waals surface area contributed by atoms with Crippen molar-refractivity contribution in [3.05, 3.63) is 105 Å². The first-order valence-corrected chi connectivity index (χ1v) is 29.1. The molecule has 0 saturated heterocycles. The minimum absolute atomic E-state index is 0.000626. The number of carbonyl (C=O) groups excluding carboxylic acids is 5. The van der Waals surface area contributed by atoms with Gasteiger partial charge in [-0.25, -0.2) is 0 Å². The maximum Gasteiger partial charge on any atom is 0.308 e. The van der Waals surface area contributed by atoms with Crippen LogP contribution in [0.3, 0.4) is 0 Å². The highest BCUT2D eigenvalue weighted by atomic mass is 16.5. The number of nitrogens with zero attached hydrogens (tertiary/aromatic N) is 2. The van der Waals surface area contributed by atoms with Gasteiger partial charge >= 0.3 is 11.9 Å². The summed E-state index contributed by atoms with van der Waals surface area (Å²) >= 11 is 0. The van der Waals surface area contributed by atoms with E-state index in [9.17, 15) is 33.9 Å². The van der Waals surface area contributed by atoms with Gasteiger partial charge in [-0.1, -0.05) is 106 Å². The molecule has 2 aromatic heterocycles. The number of Topliss-reactive ketones (excluding diaryl/α,β-unsaturated/α-hetero) is 2. The fraction of sp³-hybridized carbons (Fsp3) is 0.600. The number of ketones is 2. The fourth-order valence-electron chi connectivity index (χ4n) is 12.4. The zero-order valence-corrected chi connectivity index (χ0v) is 48.0. The predicted octanol–water partition coefficient (Wildman–Crippen LogP) is 13.1. The largest absolute Gasteiger partial charge is 0.481 e. The summed E-state index contributed by atoms with van der Waals surface area (Å²) < 4.78 is 8.82. The molecule has 77 heavy (non-hydrogen) atoms. The second-order valence-electron chi connectivity index (χ2n) is 26.9. The number of carbonyl (C=O) groups is 6. The van der Waals surface area contributed by atoms with Crippen molar-refractivity contribution in [1.82, 2.24) is 19.8 Å². The molecule has 2 heterocycles. The average molecular weight is 1050 g/mol. The van der Waals surface area contributed by atoms with Gasteiger partial charge in [0.15, 0.2) is 11.6 Å². The lowest BCUT2D eigenvalue weighted by Crippen LogP contribution is -2.47. The molecule has 3 N–H and O–H groups in total. The molecule has 414 valence electrons. The Bertz CT molecular complexity index is 2900. The highest BCUT2D eigenvalue weighted by Gasteiger charge is 2.43. The van der Waals surface area contributed by atoms with Crippen molar-refractivity contribution in [1.29, 1.82) is 0 Å². The molecular weight excluding hydrogens is 965 g/mol. The summed E-state index contributed by atoms with van der Waals surface area (Å²) in [5, 5.41) is 15.3. The SMILES string of the molecule is COC(=O)C1CC(NC(=O)c2cn(-c3cc(C(C)(C)C)cc(C4(C)CC4)c3)c(C(=O)C3CCCCC3)c2C)C1.Cc1c(C(=O)NC2CC(C(=O)O)C2)cn(-c2cc(C(C)(C)C)cc(C3(C)CC3)c2)c1C(=O)C1CCCCC1. The third-order valence-electron chi connectivity index (χ3n) is 18.8. The van der Waals surface area contributed by atoms with E-state index in [1.54, 1.807) is 0 Å². The van der Waals surface area contributed by atoms with E-state index >= 15 is 0 Å². The molecule has 2 amide bonds. The van der Waals surface area contributed by atoms with Crippen molar-refractivity contribution in [2.75, 3.05) is 7.11 Å². The first-order valence-electron chi connectivity index (χ1n) is 29.1. The number of carboxylic acids is 1. The van der Waals surface area contributed by atoms with Crippen molar-refractivity contribution in [3.8, 4) is 11.4 Å². The Labute approximate surface area is 457 Å². The van der Waals surface area contributed by atoms with Crippen LogP contribution in [-0.2, 0) is 36.0 Å². The standard InChI is InChI=1S/C33H44N2O4.C32H42N2O4/c1-20-27(30(37)34-25-14-22(15-25)31(38)39-6)19-35(28(20)29(36)21-10-8-7-9-11-21)26-17-23(32(2,3)4)16-24(18-26)33(5)12-13-33;1-19-26(29(36)33-24-13-21(14-24)30(37)38)18-34(27(19)28(35)20-9-7-6-8-10-20)25-16-22(31(2,3)4)15-23(17-25)32(5)11-12-32/h16-19,21-22,25H,7-15H2,1-6H3,(H,34,37);15-18,20-21,24H,6-14H2,1-5H3,(H,33,36)(H,37,38).